The Balaban J connectivity index is 1.67. The van der Waals surface area contributed by atoms with Crippen molar-refractivity contribution in [1.82, 2.24) is 15.2 Å². The molecule has 1 N–H and O–H groups in total. The fourth-order valence-electron chi connectivity index (χ4n) is 3.84. The zero-order valence-electron chi connectivity index (χ0n) is 15.3. The van der Waals surface area contributed by atoms with Gasteiger partial charge in [-0.2, -0.15) is 13.2 Å². The number of alkyl halides is 3. The monoisotopic (exact) mass is 391 g/mol. The number of nitrogens with one attached hydrogen (secondary N) is 1. The van der Waals surface area contributed by atoms with E-state index in [0.29, 0.717) is 31.9 Å². The lowest BCUT2D eigenvalue weighted by Gasteiger charge is -2.48. The maximum Gasteiger partial charge on any atom is 0.416 e. The van der Waals surface area contributed by atoms with Gasteiger partial charge in [-0.1, -0.05) is 0 Å². The number of hydrogen-bond donors (Lipinski definition) is 1. The summed E-state index contributed by atoms with van der Waals surface area (Å²) in [5.41, 5.74) is 0.843. The summed E-state index contributed by atoms with van der Waals surface area (Å²) in [7, 11) is 1.60. The van der Waals surface area contributed by atoms with Crippen molar-refractivity contribution >= 4 is 23.2 Å². The predicted octanol–water partition coefficient (Wildman–Crippen LogP) is 3.08. The van der Waals surface area contributed by atoms with Crippen LogP contribution in [0.15, 0.2) is 42.6 Å². The van der Waals surface area contributed by atoms with Crippen molar-refractivity contribution in [2.45, 2.75) is 12.2 Å². The molecule has 6 nitrogen and oxygen atoms in total. The minimum Gasteiger partial charge on any atom is -0.347 e. The van der Waals surface area contributed by atoms with Gasteiger partial charge in [0.25, 0.3) is 0 Å². The summed E-state index contributed by atoms with van der Waals surface area (Å²) in [5.74, 6) is 0.787. The maximum atomic E-state index is 12.9. The average Bonchev–Trinajstić information content (AvgIpc) is 2.71. The molecule has 0 saturated carbocycles. The maximum absolute atomic E-state index is 12.9. The Kier molecular flexibility index (Phi) is 4.52. The first-order valence-electron chi connectivity index (χ1n) is 9.01. The van der Waals surface area contributed by atoms with Gasteiger partial charge in [-0.3, -0.25) is 0 Å². The van der Waals surface area contributed by atoms with Gasteiger partial charge in [-0.05, 0) is 36.4 Å². The summed E-state index contributed by atoms with van der Waals surface area (Å²) in [6.07, 6.45) is -2.66. The van der Waals surface area contributed by atoms with E-state index >= 15 is 0 Å². The Hall–Kier alpha value is -2.97. The van der Waals surface area contributed by atoms with Gasteiger partial charge < -0.3 is 20.0 Å². The number of nitrogens with zero attached hydrogens (tertiary/aromatic N) is 4. The molecule has 1 aromatic heterocycles. The molecule has 3 heterocycles. The summed E-state index contributed by atoms with van der Waals surface area (Å²) < 4.78 is 38.7. The van der Waals surface area contributed by atoms with Crippen LogP contribution in [0.25, 0.3) is 0 Å². The first-order valence-corrected chi connectivity index (χ1v) is 9.01. The number of hydrogen-bond acceptors (Lipinski definition) is 4. The van der Waals surface area contributed by atoms with Crippen LogP contribution in [0.5, 0.6) is 0 Å². The Labute approximate surface area is 160 Å². The van der Waals surface area contributed by atoms with Crippen LogP contribution in [-0.4, -0.2) is 55.2 Å². The van der Waals surface area contributed by atoms with Gasteiger partial charge >= 0.3 is 12.2 Å². The topological polar surface area (TPSA) is 51.7 Å². The molecule has 2 amide bonds. The van der Waals surface area contributed by atoms with Crippen molar-refractivity contribution in [3.63, 3.8) is 0 Å². The number of halogens is 3. The number of pyridine rings is 1. The van der Waals surface area contributed by atoms with E-state index in [1.807, 2.05) is 17.0 Å². The van der Waals surface area contributed by atoms with Gasteiger partial charge in [-0.25, -0.2) is 9.78 Å². The summed E-state index contributed by atoms with van der Waals surface area (Å²) in [6, 6.07) is 8.75. The van der Waals surface area contributed by atoms with E-state index in [2.05, 4.69) is 15.2 Å². The Bertz CT molecular complexity index is 871. The highest BCUT2D eigenvalue weighted by molar-refractivity contribution is 5.79. The molecule has 1 saturated heterocycles. The van der Waals surface area contributed by atoms with Crippen LogP contribution in [0, 0.1) is 0 Å². The summed E-state index contributed by atoms with van der Waals surface area (Å²) in [6.45, 7) is 2.32. The SMILES string of the molecule is CNC(=O)N1CCN2c3ncccc3N(c3ccc(C(F)(F)F)cc3)CC2C1. The second kappa shape index (κ2) is 6.88. The Morgan fingerprint density at radius 1 is 1.14 bits per heavy atom. The molecule has 0 aliphatic carbocycles. The molecular formula is C19H20F3N5O. The molecule has 1 unspecified atom stereocenters. The lowest BCUT2D eigenvalue weighted by Crippen LogP contribution is -2.61. The number of aromatic nitrogens is 1. The highest BCUT2D eigenvalue weighted by Gasteiger charge is 2.37. The lowest BCUT2D eigenvalue weighted by atomic mass is 10.1. The second-order valence-electron chi connectivity index (χ2n) is 6.85. The fraction of sp³-hybridized carbons (Fsp3) is 0.368. The third-order valence-electron chi connectivity index (χ3n) is 5.21. The van der Waals surface area contributed by atoms with Gasteiger partial charge in [0.05, 0.1) is 17.3 Å². The van der Waals surface area contributed by atoms with E-state index in [1.165, 1.54) is 12.1 Å². The zero-order chi connectivity index (χ0) is 19.9. The van der Waals surface area contributed by atoms with E-state index < -0.39 is 11.7 Å². The van der Waals surface area contributed by atoms with E-state index in [4.69, 9.17) is 0 Å². The van der Waals surface area contributed by atoms with Gasteiger partial charge in [0.15, 0.2) is 5.82 Å². The van der Waals surface area contributed by atoms with E-state index in [0.717, 1.165) is 23.6 Å². The molecule has 1 fully saturated rings. The molecule has 0 radical (unpaired) electrons. The van der Waals surface area contributed by atoms with Gasteiger partial charge in [-0.15, -0.1) is 0 Å². The van der Waals surface area contributed by atoms with Crippen LogP contribution in [-0.2, 0) is 6.18 Å². The summed E-state index contributed by atoms with van der Waals surface area (Å²) >= 11 is 0. The molecule has 1 atom stereocenters. The number of rotatable bonds is 1. The highest BCUT2D eigenvalue weighted by atomic mass is 19.4. The third kappa shape index (κ3) is 3.21. The number of benzene rings is 1. The smallest absolute Gasteiger partial charge is 0.347 e. The van der Waals surface area contributed by atoms with E-state index in [9.17, 15) is 18.0 Å². The predicted molar refractivity (Wildman–Crippen MR) is 99.8 cm³/mol. The van der Waals surface area contributed by atoms with Gasteiger partial charge in [0.1, 0.15) is 0 Å². The van der Waals surface area contributed by atoms with E-state index in [1.54, 1.807) is 18.1 Å². The molecule has 148 valence electrons. The van der Waals surface area contributed by atoms with Crippen LogP contribution in [0.2, 0.25) is 0 Å². The molecule has 2 aliphatic heterocycles. The average molecular weight is 391 g/mol. The van der Waals surface area contributed by atoms with Crippen LogP contribution >= 0.6 is 0 Å². The zero-order valence-corrected chi connectivity index (χ0v) is 15.3. The van der Waals surface area contributed by atoms with Crippen molar-refractivity contribution in [2.75, 3.05) is 43.0 Å². The minimum atomic E-state index is -4.37. The summed E-state index contributed by atoms with van der Waals surface area (Å²) in [5, 5.41) is 2.65. The molecule has 2 aliphatic rings. The van der Waals surface area contributed by atoms with Crippen molar-refractivity contribution in [2.24, 2.45) is 0 Å². The third-order valence-corrected chi connectivity index (χ3v) is 5.21. The number of urea groups is 1. The molecule has 0 spiro atoms. The van der Waals surface area contributed by atoms with Crippen LogP contribution in [0.1, 0.15) is 5.56 Å². The van der Waals surface area contributed by atoms with Crippen molar-refractivity contribution in [3.8, 4) is 0 Å². The van der Waals surface area contributed by atoms with Crippen LogP contribution in [0.3, 0.4) is 0 Å². The molecule has 9 heteroatoms. The fourth-order valence-corrected chi connectivity index (χ4v) is 3.84. The number of amides is 2. The standard InChI is InChI=1S/C19H20F3N5O/c1-23-18(28)25-9-10-26-15(11-25)12-27(16-3-2-8-24-17(16)26)14-6-4-13(5-7-14)19(20,21)22/h2-8,15H,9-12H2,1H3,(H,23,28). The minimum absolute atomic E-state index is 0.00394. The van der Waals surface area contributed by atoms with Crippen LogP contribution in [0.4, 0.5) is 35.2 Å². The molecule has 0 bridgehead atoms. The lowest BCUT2D eigenvalue weighted by molar-refractivity contribution is -0.137. The summed E-state index contributed by atoms with van der Waals surface area (Å²) in [4.78, 5) is 22.4. The number of carbonyl (C=O) groups is 1. The normalized spacial score (nSPS) is 19.1. The molecular weight excluding hydrogens is 371 g/mol. The first kappa shape index (κ1) is 18.4. The molecule has 28 heavy (non-hydrogen) atoms. The highest BCUT2D eigenvalue weighted by Crippen LogP contribution is 2.40. The second-order valence-corrected chi connectivity index (χ2v) is 6.85. The number of fused-ring (bicyclic) bond motifs is 3. The molecule has 4 rings (SSSR count). The first-order chi connectivity index (χ1) is 13.4. The largest absolute Gasteiger partial charge is 0.416 e. The van der Waals surface area contributed by atoms with Crippen LogP contribution < -0.4 is 15.1 Å². The molecule has 1 aromatic carbocycles. The number of carbonyl (C=O) groups excluding carboxylic acids is 1. The Morgan fingerprint density at radius 3 is 2.57 bits per heavy atom. The number of anilines is 3. The number of piperazine rings is 1. The quantitative estimate of drug-likeness (QED) is 0.812. The Morgan fingerprint density at radius 2 is 1.89 bits per heavy atom. The van der Waals surface area contributed by atoms with Crippen molar-refractivity contribution < 1.29 is 18.0 Å². The van der Waals surface area contributed by atoms with Crippen molar-refractivity contribution in [1.29, 1.82) is 0 Å². The van der Waals surface area contributed by atoms with Gasteiger partial charge in [0.2, 0.25) is 0 Å². The van der Waals surface area contributed by atoms with Crippen molar-refractivity contribution in [3.05, 3.63) is 48.2 Å². The molecule has 2 aromatic rings. The van der Waals surface area contributed by atoms with Gasteiger partial charge in [0, 0.05) is 45.1 Å². The van der Waals surface area contributed by atoms with E-state index in [-0.39, 0.29) is 12.1 Å².